The first-order valence-electron chi connectivity index (χ1n) is 5.61. The standard InChI is InChI=1S/C11H17N3O2S/c1-4-13(5-2)10(16)8(3)14-7-6-9(15)12-11(14)17/h6-8H,4-5H2,1-3H3,(H,12,15,17). The SMILES string of the molecule is CCN(CC)C(=O)C(C)n1ccc(=O)[nH]c1=S. The molecule has 1 atom stereocenters. The van der Waals surface area contributed by atoms with Gasteiger partial charge in [0.05, 0.1) is 0 Å². The van der Waals surface area contributed by atoms with Gasteiger partial charge < -0.3 is 9.47 Å². The van der Waals surface area contributed by atoms with Crippen LogP contribution in [-0.4, -0.2) is 33.4 Å². The van der Waals surface area contributed by atoms with Crippen LogP contribution in [0.1, 0.15) is 26.8 Å². The summed E-state index contributed by atoms with van der Waals surface area (Å²) in [5.74, 6) is -0.00171. The molecule has 1 rings (SSSR count). The van der Waals surface area contributed by atoms with Crippen molar-refractivity contribution in [3.63, 3.8) is 0 Å². The van der Waals surface area contributed by atoms with Crippen molar-refractivity contribution in [1.29, 1.82) is 0 Å². The Hall–Kier alpha value is -1.43. The van der Waals surface area contributed by atoms with Gasteiger partial charge in [0.15, 0.2) is 4.77 Å². The Bertz CT molecular complexity index is 502. The molecule has 6 heteroatoms. The number of likely N-dealkylation sites (N-methyl/N-ethyl adjacent to an activating group) is 1. The fourth-order valence-corrected chi connectivity index (χ4v) is 1.97. The van der Waals surface area contributed by atoms with E-state index in [1.54, 1.807) is 22.6 Å². The van der Waals surface area contributed by atoms with Gasteiger partial charge >= 0.3 is 0 Å². The van der Waals surface area contributed by atoms with Gasteiger partial charge in [0.25, 0.3) is 5.56 Å². The molecule has 0 bridgehead atoms. The van der Waals surface area contributed by atoms with Crippen LogP contribution in [0, 0.1) is 4.77 Å². The summed E-state index contributed by atoms with van der Waals surface area (Å²) in [5.41, 5.74) is -0.256. The zero-order chi connectivity index (χ0) is 13.0. The van der Waals surface area contributed by atoms with Crippen LogP contribution in [0.3, 0.4) is 0 Å². The number of nitrogens with zero attached hydrogens (tertiary/aromatic N) is 2. The van der Waals surface area contributed by atoms with E-state index in [1.165, 1.54) is 6.07 Å². The molecule has 0 fully saturated rings. The Morgan fingerprint density at radius 2 is 2.12 bits per heavy atom. The van der Waals surface area contributed by atoms with Gasteiger partial charge in [-0.2, -0.15) is 0 Å². The first-order chi connectivity index (χ1) is 8.01. The van der Waals surface area contributed by atoms with Gasteiger partial charge in [-0.25, -0.2) is 0 Å². The number of aromatic nitrogens is 2. The lowest BCUT2D eigenvalue weighted by molar-refractivity contribution is -0.133. The number of hydrogen-bond acceptors (Lipinski definition) is 3. The van der Waals surface area contributed by atoms with Crippen LogP contribution in [0.15, 0.2) is 17.1 Å². The minimum atomic E-state index is -0.403. The molecule has 0 aliphatic heterocycles. The highest BCUT2D eigenvalue weighted by Crippen LogP contribution is 2.09. The van der Waals surface area contributed by atoms with E-state index < -0.39 is 6.04 Å². The van der Waals surface area contributed by atoms with Crippen LogP contribution < -0.4 is 5.56 Å². The van der Waals surface area contributed by atoms with Crippen molar-refractivity contribution in [3.8, 4) is 0 Å². The van der Waals surface area contributed by atoms with Gasteiger partial charge in [0, 0.05) is 25.4 Å². The van der Waals surface area contributed by atoms with Crippen molar-refractivity contribution in [2.45, 2.75) is 26.8 Å². The summed E-state index contributed by atoms with van der Waals surface area (Å²) < 4.78 is 1.86. The molecule has 0 aromatic carbocycles. The Labute approximate surface area is 105 Å². The summed E-state index contributed by atoms with van der Waals surface area (Å²) in [5, 5.41) is 0. The van der Waals surface area contributed by atoms with Crippen LogP contribution in [0.2, 0.25) is 0 Å². The van der Waals surface area contributed by atoms with Crippen LogP contribution in [0.4, 0.5) is 0 Å². The minimum Gasteiger partial charge on any atom is -0.341 e. The molecule has 1 aromatic heterocycles. The molecule has 94 valence electrons. The fraction of sp³-hybridized carbons (Fsp3) is 0.545. The van der Waals surface area contributed by atoms with Gasteiger partial charge in [0.1, 0.15) is 6.04 Å². The Kier molecular flexibility index (Phi) is 4.62. The van der Waals surface area contributed by atoms with E-state index in [4.69, 9.17) is 12.2 Å². The molecule has 5 nitrogen and oxygen atoms in total. The summed E-state index contributed by atoms with van der Waals surface area (Å²) in [7, 11) is 0. The second-order valence-electron chi connectivity index (χ2n) is 3.70. The fourth-order valence-electron chi connectivity index (χ4n) is 1.65. The average Bonchev–Trinajstić information content (AvgIpc) is 2.29. The van der Waals surface area contributed by atoms with E-state index in [-0.39, 0.29) is 16.2 Å². The lowest BCUT2D eigenvalue weighted by atomic mass is 10.2. The third-order valence-electron chi connectivity index (χ3n) is 2.70. The third kappa shape index (κ3) is 3.03. The highest BCUT2D eigenvalue weighted by Gasteiger charge is 2.19. The summed E-state index contributed by atoms with van der Waals surface area (Å²) in [6.07, 6.45) is 1.55. The highest BCUT2D eigenvalue weighted by atomic mass is 32.1. The maximum absolute atomic E-state index is 12.1. The van der Waals surface area contributed by atoms with Gasteiger partial charge in [-0.3, -0.25) is 14.6 Å². The largest absolute Gasteiger partial charge is 0.341 e. The predicted octanol–water partition coefficient (Wildman–Crippen LogP) is 1.34. The number of carbonyl (C=O) groups excluding carboxylic acids is 1. The molecule has 0 radical (unpaired) electrons. The second-order valence-corrected chi connectivity index (χ2v) is 4.09. The molecule has 1 unspecified atom stereocenters. The Morgan fingerprint density at radius 3 is 2.59 bits per heavy atom. The van der Waals surface area contributed by atoms with Crippen LogP contribution in [-0.2, 0) is 4.79 Å². The summed E-state index contributed by atoms with van der Waals surface area (Å²) in [6.45, 7) is 6.96. The third-order valence-corrected chi connectivity index (χ3v) is 3.01. The molecule has 0 aliphatic rings. The van der Waals surface area contributed by atoms with Crippen molar-refractivity contribution in [2.75, 3.05) is 13.1 Å². The smallest absolute Gasteiger partial charge is 0.251 e. The average molecular weight is 255 g/mol. The lowest BCUT2D eigenvalue weighted by Gasteiger charge is -2.24. The van der Waals surface area contributed by atoms with E-state index in [0.717, 1.165) is 0 Å². The molecule has 1 N–H and O–H groups in total. The topological polar surface area (TPSA) is 58.1 Å². The normalized spacial score (nSPS) is 12.2. The lowest BCUT2D eigenvalue weighted by Crippen LogP contribution is -2.36. The molecule has 0 spiro atoms. The van der Waals surface area contributed by atoms with Crippen molar-refractivity contribution in [2.24, 2.45) is 0 Å². The van der Waals surface area contributed by atoms with E-state index >= 15 is 0 Å². The summed E-state index contributed by atoms with van der Waals surface area (Å²) >= 11 is 5.03. The number of rotatable bonds is 4. The quantitative estimate of drug-likeness (QED) is 0.826. The first-order valence-corrected chi connectivity index (χ1v) is 6.02. The first kappa shape index (κ1) is 13.6. The molecule has 17 heavy (non-hydrogen) atoms. The van der Waals surface area contributed by atoms with Crippen molar-refractivity contribution >= 4 is 18.1 Å². The van der Waals surface area contributed by atoms with Crippen molar-refractivity contribution in [1.82, 2.24) is 14.5 Å². The number of nitrogens with one attached hydrogen (secondary N) is 1. The number of amides is 1. The molecule has 0 saturated heterocycles. The van der Waals surface area contributed by atoms with E-state index in [2.05, 4.69) is 4.98 Å². The molecule has 1 aromatic rings. The Morgan fingerprint density at radius 1 is 1.53 bits per heavy atom. The molecular formula is C11H17N3O2S. The maximum Gasteiger partial charge on any atom is 0.251 e. The van der Waals surface area contributed by atoms with E-state index in [1.807, 2.05) is 13.8 Å². The van der Waals surface area contributed by atoms with Crippen molar-refractivity contribution < 1.29 is 4.79 Å². The second kappa shape index (κ2) is 5.77. The molecule has 1 heterocycles. The molecule has 0 saturated carbocycles. The summed E-state index contributed by atoms with van der Waals surface area (Å²) in [6, 6.07) is 0.959. The van der Waals surface area contributed by atoms with Crippen LogP contribution in [0.5, 0.6) is 0 Å². The molecule has 0 aliphatic carbocycles. The number of carbonyl (C=O) groups is 1. The van der Waals surface area contributed by atoms with E-state index in [0.29, 0.717) is 13.1 Å². The van der Waals surface area contributed by atoms with Crippen LogP contribution in [0.25, 0.3) is 0 Å². The predicted molar refractivity (Wildman–Crippen MR) is 68.5 cm³/mol. The van der Waals surface area contributed by atoms with E-state index in [9.17, 15) is 9.59 Å². The molecular weight excluding hydrogens is 238 g/mol. The maximum atomic E-state index is 12.1. The van der Waals surface area contributed by atoms with Gasteiger partial charge in [0.2, 0.25) is 5.91 Å². The number of aromatic amines is 1. The summed E-state index contributed by atoms with van der Waals surface area (Å²) in [4.78, 5) is 27.4. The van der Waals surface area contributed by atoms with Gasteiger partial charge in [-0.1, -0.05) is 0 Å². The zero-order valence-corrected chi connectivity index (χ0v) is 11.1. The number of H-pyrrole nitrogens is 1. The van der Waals surface area contributed by atoms with Crippen LogP contribution >= 0.6 is 12.2 Å². The molecule has 1 amide bonds. The monoisotopic (exact) mass is 255 g/mol. The van der Waals surface area contributed by atoms with Gasteiger partial charge in [-0.05, 0) is 33.0 Å². The highest BCUT2D eigenvalue weighted by molar-refractivity contribution is 7.71. The zero-order valence-electron chi connectivity index (χ0n) is 10.3. The Balaban J connectivity index is 3.04. The van der Waals surface area contributed by atoms with Gasteiger partial charge in [-0.15, -0.1) is 0 Å². The minimum absolute atomic E-state index is 0.00171. The number of hydrogen-bond donors (Lipinski definition) is 1. The van der Waals surface area contributed by atoms with Crippen molar-refractivity contribution in [3.05, 3.63) is 27.4 Å².